The SMILES string of the molecule is CC(C)(C)OC(=O)NC(Cc1ccc(O)cc1)C(=O)N(C(C(=O)NC(Cc1ccccc1)C(=O)OC(C)(C)C)c1ccccc1)C(C)(C)C. The van der Waals surface area contributed by atoms with Crippen molar-refractivity contribution in [2.24, 2.45) is 0 Å². The highest BCUT2D eigenvalue weighted by Crippen LogP contribution is 2.31. The van der Waals surface area contributed by atoms with Crippen molar-refractivity contribution in [2.45, 2.75) is 110 Å². The highest BCUT2D eigenvalue weighted by Gasteiger charge is 2.43. The van der Waals surface area contributed by atoms with Crippen LogP contribution in [0.3, 0.4) is 0 Å². The van der Waals surface area contributed by atoms with E-state index < -0.39 is 58.7 Å². The molecule has 3 unspecified atom stereocenters. The summed E-state index contributed by atoms with van der Waals surface area (Å²) in [6.45, 7) is 15.8. The zero-order chi connectivity index (χ0) is 36.6. The van der Waals surface area contributed by atoms with Crippen molar-refractivity contribution >= 4 is 23.9 Å². The summed E-state index contributed by atoms with van der Waals surface area (Å²) in [4.78, 5) is 57.5. The summed E-state index contributed by atoms with van der Waals surface area (Å²) in [5.74, 6) is -1.70. The molecule has 3 N–H and O–H groups in total. The van der Waals surface area contributed by atoms with Crippen LogP contribution in [0.15, 0.2) is 84.9 Å². The summed E-state index contributed by atoms with van der Waals surface area (Å²) in [7, 11) is 0. The lowest BCUT2D eigenvalue weighted by atomic mass is 9.93. The predicted octanol–water partition coefficient (Wildman–Crippen LogP) is 6.27. The molecule has 10 nitrogen and oxygen atoms in total. The van der Waals surface area contributed by atoms with Crippen molar-refractivity contribution in [3.63, 3.8) is 0 Å². The molecule has 0 fully saturated rings. The molecule has 0 aliphatic heterocycles. The van der Waals surface area contributed by atoms with Crippen molar-refractivity contribution in [1.29, 1.82) is 0 Å². The normalized spacial score (nSPS) is 13.7. The minimum atomic E-state index is -1.21. The number of carbonyl (C=O) groups excluding carboxylic acids is 4. The van der Waals surface area contributed by atoms with Crippen molar-refractivity contribution in [2.75, 3.05) is 0 Å². The molecule has 0 aromatic heterocycles. The zero-order valence-corrected chi connectivity index (χ0v) is 30.1. The molecule has 3 atom stereocenters. The lowest BCUT2D eigenvalue weighted by Gasteiger charge is -2.43. The molecule has 3 aromatic carbocycles. The lowest BCUT2D eigenvalue weighted by Crippen LogP contribution is -2.60. The summed E-state index contributed by atoms with van der Waals surface area (Å²) in [5, 5.41) is 15.5. The molecule has 0 aliphatic carbocycles. The fourth-order valence-corrected chi connectivity index (χ4v) is 5.25. The van der Waals surface area contributed by atoms with Gasteiger partial charge in [0.1, 0.15) is 35.1 Å². The number of benzene rings is 3. The van der Waals surface area contributed by atoms with Gasteiger partial charge >= 0.3 is 12.1 Å². The molecule has 0 heterocycles. The number of hydrogen-bond donors (Lipinski definition) is 3. The minimum absolute atomic E-state index is 0.0443. The van der Waals surface area contributed by atoms with Crippen LogP contribution in [0.5, 0.6) is 5.75 Å². The molecule has 0 saturated carbocycles. The third kappa shape index (κ3) is 12.3. The summed E-state index contributed by atoms with van der Waals surface area (Å²) in [5.41, 5.74) is -0.617. The molecule has 0 spiro atoms. The number of esters is 1. The molecule has 0 saturated heterocycles. The van der Waals surface area contributed by atoms with Crippen LogP contribution in [0.2, 0.25) is 0 Å². The smallest absolute Gasteiger partial charge is 0.408 e. The van der Waals surface area contributed by atoms with Crippen LogP contribution < -0.4 is 10.6 Å². The van der Waals surface area contributed by atoms with Crippen molar-refractivity contribution < 1.29 is 33.8 Å². The fourth-order valence-electron chi connectivity index (χ4n) is 5.25. The van der Waals surface area contributed by atoms with Gasteiger partial charge in [0.05, 0.1) is 0 Å². The van der Waals surface area contributed by atoms with Gasteiger partial charge in [-0.15, -0.1) is 0 Å². The number of alkyl carbamates (subject to hydrolysis) is 1. The van der Waals surface area contributed by atoms with Gasteiger partial charge in [-0.3, -0.25) is 9.59 Å². The Morgan fingerprint density at radius 2 is 1.14 bits per heavy atom. The Kier molecular flexibility index (Phi) is 12.6. The maximum atomic E-state index is 14.8. The van der Waals surface area contributed by atoms with E-state index in [9.17, 15) is 24.3 Å². The lowest BCUT2D eigenvalue weighted by molar-refractivity contribution is -0.159. The highest BCUT2D eigenvalue weighted by atomic mass is 16.6. The highest BCUT2D eigenvalue weighted by molar-refractivity contribution is 5.94. The molecular weight excluding hydrogens is 622 g/mol. The second-order valence-electron chi connectivity index (χ2n) is 15.0. The number of carbonyl (C=O) groups is 4. The third-order valence-electron chi connectivity index (χ3n) is 7.24. The molecule has 264 valence electrons. The van der Waals surface area contributed by atoms with Gasteiger partial charge in [0.2, 0.25) is 11.8 Å². The van der Waals surface area contributed by atoms with Crippen LogP contribution in [-0.4, -0.2) is 62.7 Å². The molecule has 3 aromatic rings. The standard InChI is InChI=1S/C39H51N3O7/c1-37(2,3)42(34(45)30(41-36(47)49-39(7,8)9)24-27-20-22-29(43)23-21-27)32(28-18-14-11-15-19-28)33(44)40-31(35(46)48-38(4,5)6)25-26-16-12-10-13-17-26/h10-23,30-32,43H,24-25H2,1-9H3,(H,40,44)(H,41,47). The van der Waals surface area contributed by atoms with E-state index in [1.54, 1.807) is 105 Å². The quantitative estimate of drug-likeness (QED) is 0.205. The Morgan fingerprint density at radius 1 is 0.653 bits per heavy atom. The van der Waals surface area contributed by atoms with Gasteiger partial charge in [-0.1, -0.05) is 72.8 Å². The number of nitrogens with one attached hydrogen (secondary N) is 2. The summed E-state index contributed by atoms with van der Waals surface area (Å²) in [6.07, 6.45) is -0.592. The van der Waals surface area contributed by atoms with Crippen molar-refractivity contribution in [3.8, 4) is 5.75 Å². The van der Waals surface area contributed by atoms with E-state index in [1.807, 2.05) is 30.3 Å². The Hall–Kier alpha value is -4.86. The van der Waals surface area contributed by atoms with E-state index in [0.29, 0.717) is 11.1 Å². The number of phenolic OH excluding ortho intramolecular Hbond substituents is 1. The molecule has 0 radical (unpaired) electrons. The Balaban J connectivity index is 2.11. The summed E-state index contributed by atoms with van der Waals surface area (Å²) in [6, 6.07) is 21.0. The van der Waals surface area contributed by atoms with Crippen LogP contribution in [-0.2, 0) is 36.7 Å². The number of rotatable bonds is 11. The topological polar surface area (TPSA) is 134 Å². The van der Waals surface area contributed by atoms with E-state index in [-0.39, 0.29) is 18.6 Å². The Bertz CT molecular complexity index is 1550. The maximum absolute atomic E-state index is 14.8. The first-order valence-corrected chi connectivity index (χ1v) is 16.5. The van der Waals surface area contributed by atoms with Gasteiger partial charge in [0.15, 0.2) is 0 Å². The number of amides is 3. The van der Waals surface area contributed by atoms with Crippen LogP contribution in [0.1, 0.15) is 85.0 Å². The van der Waals surface area contributed by atoms with E-state index in [2.05, 4.69) is 10.6 Å². The first-order valence-electron chi connectivity index (χ1n) is 16.5. The van der Waals surface area contributed by atoms with Crippen LogP contribution in [0, 0.1) is 0 Å². The zero-order valence-electron chi connectivity index (χ0n) is 30.1. The maximum Gasteiger partial charge on any atom is 0.408 e. The first-order chi connectivity index (χ1) is 22.7. The summed E-state index contributed by atoms with van der Waals surface area (Å²) >= 11 is 0. The second kappa shape index (κ2) is 16.0. The monoisotopic (exact) mass is 673 g/mol. The fraction of sp³-hybridized carbons (Fsp3) is 0.436. The number of ether oxygens (including phenoxy) is 2. The molecule has 0 aliphatic rings. The number of nitrogens with zero attached hydrogens (tertiary/aromatic N) is 1. The largest absolute Gasteiger partial charge is 0.508 e. The van der Waals surface area contributed by atoms with Gasteiger partial charge in [0, 0.05) is 18.4 Å². The van der Waals surface area contributed by atoms with Crippen LogP contribution in [0.25, 0.3) is 0 Å². The van der Waals surface area contributed by atoms with Crippen molar-refractivity contribution in [1.82, 2.24) is 15.5 Å². The van der Waals surface area contributed by atoms with Gasteiger partial charge in [-0.05, 0) is 91.1 Å². The number of aromatic hydroxyl groups is 1. The third-order valence-corrected chi connectivity index (χ3v) is 7.24. The predicted molar refractivity (Wildman–Crippen MR) is 189 cm³/mol. The van der Waals surface area contributed by atoms with E-state index in [1.165, 1.54) is 17.0 Å². The average Bonchev–Trinajstić information content (AvgIpc) is 2.98. The molecule has 10 heteroatoms. The van der Waals surface area contributed by atoms with Crippen LogP contribution >= 0.6 is 0 Å². The second-order valence-corrected chi connectivity index (χ2v) is 15.0. The molecule has 3 amide bonds. The molecule has 49 heavy (non-hydrogen) atoms. The van der Waals surface area contributed by atoms with Crippen LogP contribution in [0.4, 0.5) is 4.79 Å². The summed E-state index contributed by atoms with van der Waals surface area (Å²) < 4.78 is 11.2. The number of hydrogen-bond acceptors (Lipinski definition) is 7. The van der Waals surface area contributed by atoms with E-state index >= 15 is 0 Å². The van der Waals surface area contributed by atoms with E-state index in [0.717, 1.165) is 5.56 Å². The minimum Gasteiger partial charge on any atom is -0.508 e. The Morgan fingerprint density at radius 3 is 1.65 bits per heavy atom. The van der Waals surface area contributed by atoms with Crippen molar-refractivity contribution in [3.05, 3.63) is 102 Å². The van der Waals surface area contributed by atoms with Gasteiger partial charge in [-0.25, -0.2) is 9.59 Å². The molecule has 3 rings (SSSR count). The number of phenols is 1. The van der Waals surface area contributed by atoms with Gasteiger partial charge in [0.25, 0.3) is 0 Å². The first kappa shape index (κ1) is 38.6. The van der Waals surface area contributed by atoms with Gasteiger partial charge < -0.3 is 30.1 Å². The van der Waals surface area contributed by atoms with Gasteiger partial charge in [-0.2, -0.15) is 0 Å². The molecule has 0 bridgehead atoms. The Labute approximate surface area is 290 Å². The molecular formula is C39H51N3O7. The van der Waals surface area contributed by atoms with E-state index in [4.69, 9.17) is 9.47 Å². The average molecular weight is 674 g/mol.